The van der Waals surface area contributed by atoms with Crippen molar-refractivity contribution in [1.82, 2.24) is 0 Å². The number of carboxylic acid groups (broad SMARTS) is 1. The van der Waals surface area contributed by atoms with Crippen LogP contribution in [0.25, 0.3) is 0 Å². The highest BCUT2D eigenvalue weighted by molar-refractivity contribution is 5.69. The fourth-order valence-electron chi connectivity index (χ4n) is 3.77. The van der Waals surface area contributed by atoms with Crippen LogP contribution in [0.2, 0.25) is 0 Å². The molecule has 0 aliphatic rings. The van der Waals surface area contributed by atoms with E-state index >= 15 is 0 Å². The minimum Gasteiger partial charge on any atom is -0.481 e. The van der Waals surface area contributed by atoms with Gasteiger partial charge >= 0.3 is 5.97 Å². The van der Waals surface area contributed by atoms with Gasteiger partial charge in [-0.1, -0.05) is 138 Å². The summed E-state index contributed by atoms with van der Waals surface area (Å²) in [5.41, 5.74) is 0. The predicted molar refractivity (Wildman–Crippen MR) is 159 cm³/mol. The van der Waals surface area contributed by atoms with Crippen molar-refractivity contribution in [1.29, 1.82) is 0 Å². The molecule has 0 bridgehead atoms. The third-order valence-corrected chi connectivity index (χ3v) is 6.19. The van der Waals surface area contributed by atoms with Gasteiger partial charge in [0.15, 0.2) is 0 Å². The summed E-state index contributed by atoms with van der Waals surface area (Å²) in [6.07, 6.45) is 38.8. The molecule has 37 heavy (non-hydrogen) atoms. The first-order chi connectivity index (χ1) is 18.0. The molecule has 0 saturated heterocycles. The molecule has 0 aliphatic carbocycles. The number of aliphatic hydroxyl groups excluding tert-OH is 2. The maximum atomic E-state index is 10.8. The van der Waals surface area contributed by atoms with Gasteiger partial charge < -0.3 is 15.3 Å². The number of unbranched alkanes of at least 4 members (excludes halogenated alkanes) is 9. The van der Waals surface area contributed by atoms with Gasteiger partial charge in [0.05, 0.1) is 18.1 Å². The molecular weight excluding hydrogens is 460 g/mol. The zero-order valence-corrected chi connectivity index (χ0v) is 23.5. The van der Waals surface area contributed by atoms with Crippen molar-refractivity contribution in [2.75, 3.05) is 0 Å². The van der Waals surface area contributed by atoms with Crippen LogP contribution in [-0.4, -0.2) is 33.5 Å². The fraction of sp³-hybridized carbons (Fsp3) is 0.606. The second kappa shape index (κ2) is 26.9. The first-order valence-corrected chi connectivity index (χ1v) is 14.5. The van der Waals surface area contributed by atoms with Gasteiger partial charge in [-0.2, -0.15) is 0 Å². The van der Waals surface area contributed by atoms with Gasteiger partial charge in [0.2, 0.25) is 0 Å². The van der Waals surface area contributed by atoms with Crippen LogP contribution in [0, 0.1) is 5.92 Å². The molecule has 0 aromatic rings. The molecule has 210 valence electrons. The van der Waals surface area contributed by atoms with Gasteiger partial charge in [0.1, 0.15) is 0 Å². The molecule has 0 heterocycles. The summed E-state index contributed by atoms with van der Waals surface area (Å²) in [5, 5.41) is 28.6. The average molecular weight is 515 g/mol. The third-order valence-electron chi connectivity index (χ3n) is 6.19. The van der Waals surface area contributed by atoms with E-state index in [4.69, 9.17) is 5.11 Å². The van der Waals surface area contributed by atoms with E-state index < -0.39 is 18.2 Å². The Labute approximate surface area is 227 Å². The van der Waals surface area contributed by atoms with Crippen molar-refractivity contribution in [3.63, 3.8) is 0 Å². The predicted octanol–water partition coefficient (Wildman–Crippen LogP) is 8.64. The Morgan fingerprint density at radius 2 is 1.14 bits per heavy atom. The van der Waals surface area contributed by atoms with E-state index in [2.05, 4.69) is 25.2 Å². The van der Waals surface area contributed by atoms with Gasteiger partial charge in [0.25, 0.3) is 0 Å². The zero-order chi connectivity index (χ0) is 27.4. The van der Waals surface area contributed by atoms with Crippen LogP contribution in [-0.2, 0) is 4.79 Å². The standard InChI is InChI=1S/C33H54O4/c1-3-4-20-26-31(34)28-23-18-19-24-29-32(35)27-22-17-15-13-11-9-7-5-6-8-10-12-14-16-21-25-30(2)33(36)37/h4,11,13,17-20,22-24,28-32,34-35H,3,5-10,12,14-16,21,25-27H2,1-2H3,(H,36,37)/b13-11-,19-18+,20-4-,22-17-,28-23-,29-24+/t30?,31-,32+/m0/s1. The largest absolute Gasteiger partial charge is 0.481 e. The molecule has 1 unspecified atom stereocenters. The Bertz CT molecular complexity index is 699. The maximum absolute atomic E-state index is 10.8. The second-order valence-electron chi connectivity index (χ2n) is 9.82. The van der Waals surface area contributed by atoms with E-state index in [0.29, 0.717) is 12.8 Å². The molecule has 3 atom stereocenters. The Balaban J connectivity index is 3.59. The molecular formula is C33H54O4. The van der Waals surface area contributed by atoms with E-state index in [0.717, 1.165) is 38.5 Å². The van der Waals surface area contributed by atoms with Crippen LogP contribution in [0.3, 0.4) is 0 Å². The monoisotopic (exact) mass is 514 g/mol. The van der Waals surface area contributed by atoms with Crippen LogP contribution in [0.1, 0.15) is 110 Å². The minimum atomic E-state index is -0.673. The molecule has 0 spiro atoms. The SMILES string of the molecule is CC/C=C\C[C@H](O)\C=C/C=C/C=C/[C@H](O)C/C=C\C/C=C\CCCCCCCCCCCC(C)C(=O)O. The lowest BCUT2D eigenvalue weighted by Crippen LogP contribution is -2.08. The Morgan fingerprint density at radius 1 is 0.649 bits per heavy atom. The summed E-state index contributed by atoms with van der Waals surface area (Å²) in [6.45, 7) is 3.87. The van der Waals surface area contributed by atoms with Crippen LogP contribution in [0.4, 0.5) is 0 Å². The van der Waals surface area contributed by atoms with Crippen molar-refractivity contribution in [3.05, 3.63) is 72.9 Å². The van der Waals surface area contributed by atoms with Crippen molar-refractivity contribution in [3.8, 4) is 0 Å². The van der Waals surface area contributed by atoms with Crippen molar-refractivity contribution in [2.45, 2.75) is 122 Å². The maximum Gasteiger partial charge on any atom is 0.306 e. The lowest BCUT2D eigenvalue weighted by Gasteiger charge is -2.05. The van der Waals surface area contributed by atoms with E-state index in [-0.39, 0.29) is 5.92 Å². The van der Waals surface area contributed by atoms with Crippen LogP contribution < -0.4 is 0 Å². The molecule has 0 aliphatic heterocycles. The number of rotatable bonds is 24. The Morgan fingerprint density at radius 3 is 1.68 bits per heavy atom. The summed E-state index contributed by atoms with van der Waals surface area (Å²) in [7, 11) is 0. The Hall–Kier alpha value is -2.17. The molecule has 4 nitrogen and oxygen atoms in total. The number of aliphatic hydroxyl groups is 2. The normalized spacial score (nSPS) is 15.4. The van der Waals surface area contributed by atoms with E-state index in [9.17, 15) is 15.0 Å². The first-order valence-electron chi connectivity index (χ1n) is 14.5. The lowest BCUT2D eigenvalue weighted by molar-refractivity contribution is -0.141. The highest BCUT2D eigenvalue weighted by Gasteiger charge is 2.09. The minimum absolute atomic E-state index is 0.201. The number of hydrogen-bond donors (Lipinski definition) is 3. The zero-order valence-electron chi connectivity index (χ0n) is 23.5. The highest BCUT2D eigenvalue weighted by atomic mass is 16.4. The van der Waals surface area contributed by atoms with Gasteiger partial charge in [-0.25, -0.2) is 0 Å². The first kappa shape index (κ1) is 34.8. The van der Waals surface area contributed by atoms with Crippen molar-refractivity contribution >= 4 is 5.97 Å². The smallest absolute Gasteiger partial charge is 0.306 e. The van der Waals surface area contributed by atoms with Crippen LogP contribution >= 0.6 is 0 Å². The van der Waals surface area contributed by atoms with Crippen molar-refractivity contribution < 1.29 is 20.1 Å². The molecule has 0 fully saturated rings. The quantitative estimate of drug-likeness (QED) is 0.0684. The highest BCUT2D eigenvalue weighted by Crippen LogP contribution is 2.14. The molecule has 3 N–H and O–H groups in total. The summed E-state index contributed by atoms with van der Waals surface area (Å²) in [6, 6.07) is 0. The summed E-state index contributed by atoms with van der Waals surface area (Å²) in [4.78, 5) is 10.8. The summed E-state index contributed by atoms with van der Waals surface area (Å²) >= 11 is 0. The molecule has 0 saturated carbocycles. The number of aliphatic carboxylic acids is 1. The van der Waals surface area contributed by atoms with Crippen LogP contribution in [0.15, 0.2) is 72.9 Å². The topological polar surface area (TPSA) is 77.8 Å². The summed E-state index contributed by atoms with van der Waals surface area (Å²) < 4.78 is 0. The molecule has 0 aromatic carbocycles. The second-order valence-corrected chi connectivity index (χ2v) is 9.82. The summed E-state index contributed by atoms with van der Waals surface area (Å²) in [5.74, 6) is -0.874. The van der Waals surface area contributed by atoms with Gasteiger partial charge in [-0.3, -0.25) is 4.79 Å². The lowest BCUT2D eigenvalue weighted by atomic mass is 10.0. The number of carbonyl (C=O) groups is 1. The number of hydrogen-bond acceptors (Lipinski definition) is 3. The van der Waals surface area contributed by atoms with E-state index in [1.165, 1.54) is 44.9 Å². The Kier molecular flexibility index (Phi) is 25.3. The van der Waals surface area contributed by atoms with Crippen LogP contribution in [0.5, 0.6) is 0 Å². The molecule has 4 heteroatoms. The van der Waals surface area contributed by atoms with E-state index in [1.54, 1.807) is 19.1 Å². The van der Waals surface area contributed by atoms with Gasteiger partial charge in [0, 0.05) is 0 Å². The fourth-order valence-corrected chi connectivity index (χ4v) is 3.77. The van der Waals surface area contributed by atoms with Gasteiger partial charge in [-0.05, 0) is 44.9 Å². The average Bonchev–Trinajstić information content (AvgIpc) is 2.87. The van der Waals surface area contributed by atoms with Crippen molar-refractivity contribution in [2.24, 2.45) is 5.92 Å². The molecule has 0 aromatic heterocycles. The molecule has 0 rings (SSSR count). The number of allylic oxidation sites excluding steroid dienone is 8. The molecule has 0 radical (unpaired) electrons. The molecule has 0 amide bonds. The van der Waals surface area contributed by atoms with E-state index in [1.807, 2.05) is 42.5 Å². The van der Waals surface area contributed by atoms with Gasteiger partial charge in [-0.15, -0.1) is 0 Å². The third kappa shape index (κ3) is 26.7. The number of carboxylic acids is 1.